The number of aliphatic hydroxyl groups excluding tert-OH is 1. The molecule has 1 fully saturated rings. The summed E-state index contributed by atoms with van der Waals surface area (Å²) in [6.45, 7) is 2.26. The number of carbonyl (C=O) groups is 1. The van der Waals surface area contributed by atoms with Crippen molar-refractivity contribution >= 4 is 52.1 Å². The van der Waals surface area contributed by atoms with Gasteiger partial charge in [0.1, 0.15) is 5.71 Å². The number of anilines is 1. The van der Waals surface area contributed by atoms with E-state index in [-0.39, 0.29) is 11.9 Å². The molecule has 1 amide bonds. The number of hydrogen-bond acceptors (Lipinski definition) is 4. The minimum absolute atomic E-state index is 0.248. The molecule has 2 aromatic carbocycles. The van der Waals surface area contributed by atoms with Crippen molar-refractivity contribution in [1.82, 2.24) is 5.32 Å². The molecule has 1 aliphatic rings. The number of amides is 1. The first kappa shape index (κ1) is 23.9. The van der Waals surface area contributed by atoms with Gasteiger partial charge in [-0.3, -0.25) is 9.80 Å². The molecular weight excluding hydrogens is 457 g/mol. The lowest BCUT2D eigenvalue weighted by molar-refractivity contribution is -0.116. The molecular formula is C23H26Cl3N3O2. The van der Waals surface area contributed by atoms with E-state index in [2.05, 4.69) is 10.4 Å². The maximum absolute atomic E-state index is 12.9. The van der Waals surface area contributed by atoms with Gasteiger partial charge in [0.25, 0.3) is 5.91 Å². The number of hydrogen-bond donors (Lipinski definition) is 2. The summed E-state index contributed by atoms with van der Waals surface area (Å²) in [7, 11) is 0. The number of rotatable bonds is 7. The van der Waals surface area contributed by atoms with Gasteiger partial charge in [-0.2, -0.15) is 5.10 Å². The van der Waals surface area contributed by atoms with Crippen molar-refractivity contribution in [3.05, 3.63) is 63.1 Å². The Hall–Kier alpha value is -1.79. The molecule has 3 rings (SSSR count). The molecule has 0 aliphatic heterocycles. The summed E-state index contributed by atoms with van der Waals surface area (Å²) >= 11 is 18.5. The van der Waals surface area contributed by atoms with E-state index in [1.807, 2.05) is 19.1 Å². The molecule has 0 heterocycles. The van der Waals surface area contributed by atoms with E-state index in [9.17, 15) is 9.90 Å². The molecule has 5 nitrogen and oxygen atoms in total. The SMILES string of the molecule is CC/C(=N\N(Cc1ccc(Cl)cc1)c1ccc(Cl)cc1Cl)C(=O)N[C@H]1CCCC[C@@H]1O. The smallest absolute Gasteiger partial charge is 0.267 e. The molecule has 0 saturated heterocycles. The number of hydrazone groups is 1. The molecule has 0 aromatic heterocycles. The fourth-order valence-corrected chi connectivity index (χ4v) is 4.21. The van der Waals surface area contributed by atoms with Crippen LogP contribution >= 0.6 is 34.8 Å². The summed E-state index contributed by atoms with van der Waals surface area (Å²) in [5.74, 6) is -0.278. The molecule has 31 heavy (non-hydrogen) atoms. The van der Waals surface area contributed by atoms with Crippen molar-refractivity contribution in [2.45, 2.75) is 57.7 Å². The fourth-order valence-electron chi connectivity index (χ4n) is 3.58. The first-order valence-corrected chi connectivity index (χ1v) is 11.5. The van der Waals surface area contributed by atoms with Gasteiger partial charge in [-0.15, -0.1) is 0 Å². The van der Waals surface area contributed by atoms with Crippen molar-refractivity contribution in [2.75, 3.05) is 5.01 Å². The van der Waals surface area contributed by atoms with Crippen LogP contribution in [0.2, 0.25) is 15.1 Å². The van der Waals surface area contributed by atoms with Gasteiger partial charge in [-0.25, -0.2) is 0 Å². The van der Waals surface area contributed by atoms with Gasteiger partial charge in [0.15, 0.2) is 0 Å². The van der Waals surface area contributed by atoms with Crippen LogP contribution in [0.1, 0.15) is 44.6 Å². The minimum atomic E-state index is -0.522. The number of nitrogens with one attached hydrogen (secondary N) is 1. The van der Waals surface area contributed by atoms with Gasteiger partial charge in [-0.05, 0) is 55.2 Å². The van der Waals surface area contributed by atoms with E-state index in [0.29, 0.717) is 45.9 Å². The number of halogens is 3. The summed E-state index contributed by atoms with van der Waals surface area (Å²) in [5, 5.41) is 21.1. The quantitative estimate of drug-likeness (QED) is 0.385. The molecule has 0 bridgehead atoms. The predicted octanol–water partition coefficient (Wildman–Crippen LogP) is 5.84. The van der Waals surface area contributed by atoms with E-state index in [4.69, 9.17) is 34.8 Å². The normalized spacial score (nSPS) is 19.2. The second-order valence-corrected chi connectivity index (χ2v) is 8.89. The van der Waals surface area contributed by atoms with E-state index in [0.717, 1.165) is 24.8 Å². The number of benzene rings is 2. The molecule has 0 spiro atoms. The first-order chi connectivity index (χ1) is 14.9. The highest BCUT2D eigenvalue weighted by Gasteiger charge is 2.26. The van der Waals surface area contributed by atoms with Gasteiger partial charge in [-0.1, -0.05) is 66.7 Å². The summed E-state index contributed by atoms with van der Waals surface area (Å²) in [6.07, 6.45) is 3.34. The molecule has 1 saturated carbocycles. The zero-order chi connectivity index (χ0) is 22.4. The molecule has 2 N–H and O–H groups in total. The lowest BCUT2D eigenvalue weighted by atomic mass is 9.92. The monoisotopic (exact) mass is 481 g/mol. The lowest BCUT2D eigenvalue weighted by Crippen LogP contribution is -2.47. The topological polar surface area (TPSA) is 64.9 Å². The highest BCUT2D eigenvalue weighted by molar-refractivity contribution is 6.39. The zero-order valence-electron chi connectivity index (χ0n) is 17.3. The molecule has 166 valence electrons. The van der Waals surface area contributed by atoms with Crippen LogP contribution in [0.15, 0.2) is 47.6 Å². The highest BCUT2D eigenvalue weighted by atomic mass is 35.5. The second kappa shape index (κ2) is 11.2. The summed E-state index contributed by atoms with van der Waals surface area (Å²) in [4.78, 5) is 12.9. The highest BCUT2D eigenvalue weighted by Crippen LogP contribution is 2.30. The van der Waals surface area contributed by atoms with Crippen LogP contribution in [0.4, 0.5) is 5.69 Å². The van der Waals surface area contributed by atoms with E-state index in [1.54, 1.807) is 35.3 Å². The Morgan fingerprint density at radius 2 is 1.77 bits per heavy atom. The van der Waals surface area contributed by atoms with Crippen molar-refractivity contribution in [1.29, 1.82) is 0 Å². The zero-order valence-corrected chi connectivity index (χ0v) is 19.6. The summed E-state index contributed by atoms with van der Waals surface area (Å²) < 4.78 is 0. The minimum Gasteiger partial charge on any atom is -0.391 e. The predicted molar refractivity (Wildman–Crippen MR) is 128 cm³/mol. The third kappa shape index (κ3) is 6.59. The largest absolute Gasteiger partial charge is 0.391 e. The number of nitrogens with zero attached hydrogens (tertiary/aromatic N) is 2. The second-order valence-electron chi connectivity index (χ2n) is 7.61. The third-order valence-electron chi connectivity index (χ3n) is 5.32. The molecule has 8 heteroatoms. The van der Waals surface area contributed by atoms with Crippen molar-refractivity contribution in [3.8, 4) is 0 Å². The van der Waals surface area contributed by atoms with Crippen LogP contribution in [0, 0.1) is 0 Å². The Labute approximate surface area is 198 Å². The van der Waals surface area contributed by atoms with Crippen LogP contribution in [0.5, 0.6) is 0 Å². The summed E-state index contributed by atoms with van der Waals surface area (Å²) in [6, 6.07) is 12.3. The number of carbonyl (C=O) groups excluding carboxylic acids is 1. The average molecular weight is 483 g/mol. The first-order valence-electron chi connectivity index (χ1n) is 10.4. The van der Waals surface area contributed by atoms with Crippen molar-refractivity contribution in [3.63, 3.8) is 0 Å². The van der Waals surface area contributed by atoms with Crippen molar-refractivity contribution in [2.24, 2.45) is 5.10 Å². The molecule has 2 aromatic rings. The van der Waals surface area contributed by atoms with Crippen LogP contribution in [-0.2, 0) is 11.3 Å². The standard InChI is InChI=1S/C23H26Cl3N3O2/c1-2-19(23(31)27-20-5-3-4-6-22(20)30)28-29(14-15-7-9-16(24)10-8-15)21-12-11-17(25)13-18(21)26/h7-13,20,22,30H,2-6,14H2,1H3,(H,27,31)/b28-19+/t20-,22-/m0/s1. The third-order valence-corrected chi connectivity index (χ3v) is 6.11. The van der Waals surface area contributed by atoms with Gasteiger partial charge in [0.05, 0.1) is 29.4 Å². The maximum atomic E-state index is 12.9. The average Bonchev–Trinajstić information content (AvgIpc) is 2.74. The Bertz CT molecular complexity index is 934. The van der Waals surface area contributed by atoms with Crippen LogP contribution < -0.4 is 10.3 Å². The van der Waals surface area contributed by atoms with E-state index < -0.39 is 6.10 Å². The van der Waals surface area contributed by atoms with Gasteiger partial charge >= 0.3 is 0 Å². The van der Waals surface area contributed by atoms with E-state index in [1.165, 1.54) is 0 Å². The lowest BCUT2D eigenvalue weighted by Gasteiger charge is -2.29. The molecule has 0 unspecified atom stereocenters. The van der Waals surface area contributed by atoms with Gasteiger partial charge in [0.2, 0.25) is 0 Å². The van der Waals surface area contributed by atoms with Gasteiger partial charge in [0, 0.05) is 10.0 Å². The van der Waals surface area contributed by atoms with Gasteiger partial charge < -0.3 is 10.4 Å². The van der Waals surface area contributed by atoms with Crippen LogP contribution in [-0.4, -0.2) is 28.9 Å². The Balaban J connectivity index is 1.89. The number of aliphatic hydroxyl groups is 1. The molecule has 1 aliphatic carbocycles. The summed E-state index contributed by atoms with van der Waals surface area (Å²) in [5.41, 5.74) is 1.95. The Morgan fingerprint density at radius 1 is 1.10 bits per heavy atom. The van der Waals surface area contributed by atoms with Crippen molar-refractivity contribution < 1.29 is 9.90 Å². The molecule has 0 radical (unpaired) electrons. The Kier molecular flexibility index (Phi) is 8.61. The maximum Gasteiger partial charge on any atom is 0.267 e. The van der Waals surface area contributed by atoms with Crippen LogP contribution in [0.25, 0.3) is 0 Å². The van der Waals surface area contributed by atoms with Crippen LogP contribution in [0.3, 0.4) is 0 Å². The Morgan fingerprint density at radius 3 is 2.42 bits per heavy atom. The fraction of sp³-hybridized carbons (Fsp3) is 0.391. The van der Waals surface area contributed by atoms with E-state index >= 15 is 0 Å². The molecule has 2 atom stereocenters.